The molecule has 3 rings (SSSR count). The number of nitrogens with one attached hydrogen (secondary N) is 1. The van der Waals surface area contributed by atoms with Crippen molar-refractivity contribution in [1.82, 2.24) is 4.90 Å². The van der Waals surface area contributed by atoms with Gasteiger partial charge in [-0.1, -0.05) is 17.7 Å². The molecule has 2 N–H and O–H groups in total. The van der Waals surface area contributed by atoms with Crippen molar-refractivity contribution in [1.29, 1.82) is 0 Å². The van der Waals surface area contributed by atoms with Gasteiger partial charge in [-0.2, -0.15) is 0 Å². The zero-order valence-corrected chi connectivity index (χ0v) is 20.5. The summed E-state index contributed by atoms with van der Waals surface area (Å²) in [5.41, 5.74) is 4.16. The first-order chi connectivity index (χ1) is 15.1. The average Bonchev–Trinajstić information content (AvgIpc) is 2.96. The molecule has 0 saturated carbocycles. The van der Waals surface area contributed by atoms with Crippen LogP contribution < -0.4 is 10.1 Å². The zero-order valence-electron chi connectivity index (χ0n) is 18.1. The largest absolute Gasteiger partial charge is 0.503 e. The van der Waals surface area contributed by atoms with Crippen LogP contribution in [0.1, 0.15) is 29.2 Å². The molecule has 0 aromatic heterocycles. The van der Waals surface area contributed by atoms with Crippen LogP contribution in [0.3, 0.4) is 0 Å². The van der Waals surface area contributed by atoms with Crippen LogP contribution in [-0.4, -0.2) is 40.2 Å². The fourth-order valence-corrected chi connectivity index (χ4v) is 4.73. The molecule has 32 heavy (non-hydrogen) atoms. The van der Waals surface area contributed by atoms with Crippen molar-refractivity contribution >= 4 is 56.5 Å². The van der Waals surface area contributed by atoms with Gasteiger partial charge < -0.3 is 15.2 Å². The minimum absolute atomic E-state index is 0.0459. The van der Waals surface area contributed by atoms with Gasteiger partial charge in [0.25, 0.3) is 11.1 Å². The summed E-state index contributed by atoms with van der Waals surface area (Å²) < 4.78 is 5.80. The minimum atomic E-state index is -0.547. The van der Waals surface area contributed by atoms with Gasteiger partial charge in [-0.25, -0.2) is 0 Å². The first kappa shape index (κ1) is 23.9. The highest BCUT2D eigenvalue weighted by Gasteiger charge is 2.36. The molecule has 0 radical (unpaired) electrons. The van der Waals surface area contributed by atoms with Gasteiger partial charge in [0.05, 0.1) is 16.0 Å². The second-order valence-corrected chi connectivity index (χ2v) is 9.22. The number of phenolic OH excluding ortho intramolecular Hbond substituents is 1. The van der Waals surface area contributed by atoms with Gasteiger partial charge in [-0.3, -0.25) is 19.3 Å². The Morgan fingerprint density at radius 1 is 1.19 bits per heavy atom. The zero-order chi connectivity index (χ0) is 23.6. The number of aromatic hydroxyl groups is 1. The van der Waals surface area contributed by atoms with Crippen molar-refractivity contribution < 1.29 is 24.2 Å². The standard InChI is InChI=1S/C23H23BrN2O5S/c1-5-31-17-9-15(8-16(24)21(17)28)10-18-22(29)26(23(30)32-18)11-19(27)25-20-13(3)6-12(2)7-14(20)4/h6-10,28H,5,11H2,1-4H3,(H,25,27)/b18-10+. The number of carbonyl (C=O) groups excluding carboxylic acids is 3. The molecular weight excluding hydrogens is 496 g/mol. The van der Waals surface area contributed by atoms with Crippen LogP contribution in [0.4, 0.5) is 10.5 Å². The Morgan fingerprint density at radius 2 is 1.84 bits per heavy atom. The molecule has 3 amide bonds. The Balaban J connectivity index is 1.77. The van der Waals surface area contributed by atoms with Gasteiger partial charge in [0.2, 0.25) is 5.91 Å². The quantitative estimate of drug-likeness (QED) is 0.513. The molecule has 0 bridgehead atoms. The first-order valence-electron chi connectivity index (χ1n) is 9.89. The summed E-state index contributed by atoms with van der Waals surface area (Å²) in [5.74, 6) is -0.782. The van der Waals surface area contributed by atoms with E-state index in [0.29, 0.717) is 22.3 Å². The van der Waals surface area contributed by atoms with E-state index < -0.39 is 17.1 Å². The number of benzene rings is 2. The summed E-state index contributed by atoms with van der Waals surface area (Å²) >= 11 is 4.02. The summed E-state index contributed by atoms with van der Waals surface area (Å²) in [6.07, 6.45) is 1.53. The fourth-order valence-electron chi connectivity index (χ4n) is 3.43. The van der Waals surface area contributed by atoms with Crippen LogP contribution in [-0.2, 0) is 9.59 Å². The lowest BCUT2D eigenvalue weighted by molar-refractivity contribution is -0.127. The predicted molar refractivity (Wildman–Crippen MR) is 129 cm³/mol. The molecule has 2 aromatic rings. The number of nitrogens with zero attached hydrogens (tertiary/aromatic N) is 1. The lowest BCUT2D eigenvalue weighted by Gasteiger charge is -2.16. The van der Waals surface area contributed by atoms with E-state index in [0.717, 1.165) is 33.4 Å². The molecule has 1 aliphatic heterocycles. The third kappa shape index (κ3) is 5.16. The van der Waals surface area contributed by atoms with Crippen LogP contribution >= 0.6 is 27.7 Å². The lowest BCUT2D eigenvalue weighted by Crippen LogP contribution is -2.36. The maximum Gasteiger partial charge on any atom is 0.294 e. The Morgan fingerprint density at radius 3 is 2.47 bits per heavy atom. The Bertz CT molecular complexity index is 1120. The number of imide groups is 1. The molecule has 0 spiro atoms. The van der Waals surface area contributed by atoms with Crippen molar-refractivity contribution in [2.24, 2.45) is 0 Å². The van der Waals surface area contributed by atoms with Crippen molar-refractivity contribution in [2.45, 2.75) is 27.7 Å². The number of rotatable bonds is 6. The smallest absolute Gasteiger partial charge is 0.294 e. The number of ether oxygens (including phenoxy) is 1. The van der Waals surface area contributed by atoms with E-state index in [1.54, 1.807) is 19.1 Å². The topological polar surface area (TPSA) is 95.9 Å². The minimum Gasteiger partial charge on any atom is -0.503 e. The normalized spacial score (nSPS) is 14.9. The van der Waals surface area contributed by atoms with Crippen molar-refractivity contribution in [2.75, 3.05) is 18.5 Å². The molecule has 0 atom stereocenters. The first-order valence-corrected chi connectivity index (χ1v) is 11.5. The summed E-state index contributed by atoms with van der Waals surface area (Å²) in [7, 11) is 0. The molecule has 9 heteroatoms. The molecule has 2 aromatic carbocycles. The number of anilines is 1. The maximum absolute atomic E-state index is 12.8. The number of halogens is 1. The van der Waals surface area contributed by atoms with E-state index in [1.807, 2.05) is 32.9 Å². The molecule has 1 heterocycles. The van der Waals surface area contributed by atoms with E-state index in [2.05, 4.69) is 21.2 Å². The van der Waals surface area contributed by atoms with E-state index in [4.69, 9.17) is 4.74 Å². The average molecular weight is 519 g/mol. The number of phenols is 1. The summed E-state index contributed by atoms with van der Waals surface area (Å²) in [6, 6.07) is 7.10. The van der Waals surface area contributed by atoms with Crippen molar-refractivity contribution in [3.63, 3.8) is 0 Å². The molecular formula is C23H23BrN2O5S. The molecule has 1 saturated heterocycles. The van der Waals surface area contributed by atoms with Crippen LogP contribution in [0.25, 0.3) is 6.08 Å². The summed E-state index contributed by atoms with van der Waals surface area (Å²) in [5, 5.41) is 12.3. The van der Waals surface area contributed by atoms with Gasteiger partial charge >= 0.3 is 0 Å². The summed E-state index contributed by atoms with van der Waals surface area (Å²) in [4.78, 5) is 38.9. The molecule has 168 valence electrons. The Hall–Kier alpha value is -2.78. The van der Waals surface area contributed by atoms with Crippen LogP contribution in [0.2, 0.25) is 0 Å². The summed E-state index contributed by atoms with van der Waals surface area (Å²) in [6.45, 7) is 7.53. The van der Waals surface area contributed by atoms with Gasteiger partial charge in [0.1, 0.15) is 6.54 Å². The SMILES string of the molecule is CCOc1cc(/C=C2/SC(=O)N(CC(=O)Nc3c(C)cc(C)cc3C)C2=O)cc(Br)c1O. The van der Waals surface area contributed by atoms with Crippen LogP contribution in [0.15, 0.2) is 33.6 Å². The molecule has 1 aliphatic rings. The number of amides is 3. The molecule has 0 unspecified atom stereocenters. The van der Waals surface area contributed by atoms with E-state index in [-0.39, 0.29) is 22.9 Å². The van der Waals surface area contributed by atoms with E-state index in [9.17, 15) is 19.5 Å². The molecule has 7 nitrogen and oxygen atoms in total. The van der Waals surface area contributed by atoms with Crippen LogP contribution in [0.5, 0.6) is 11.5 Å². The Kier molecular flexibility index (Phi) is 7.30. The number of aryl methyl sites for hydroxylation is 3. The molecule has 1 fully saturated rings. The Labute approximate surface area is 199 Å². The van der Waals surface area contributed by atoms with Gasteiger partial charge in [0, 0.05) is 5.69 Å². The monoisotopic (exact) mass is 518 g/mol. The van der Waals surface area contributed by atoms with Crippen molar-refractivity contribution in [3.8, 4) is 11.5 Å². The maximum atomic E-state index is 12.8. The number of hydrogen-bond acceptors (Lipinski definition) is 6. The second-order valence-electron chi connectivity index (χ2n) is 7.37. The van der Waals surface area contributed by atoms with Gasteiger partial charge in [0.15, 0.2) is 11.5 Å². The van der Waals surface area contributed by atoms with Gasteiger partial charge in [-0.15, -0.1) is 0 Å². The van der Waals surface area contributed by atoms with Gasteiger partial charge in [-0.05, 0) is 90.3 Å². The number of hydrogen-bond donors (Lipinski definition) is 2. The predicted octanol–water partition coefficient (Wildman–Crippen LogP) is 5.15. The number of carbonyl (C=O) groups is 3. The molecule has 0 aliphatic carbocycles. The fraction of sp³-hybridized carbons (Fsp3) is 0.261. The number of thioether (sulfide) groups is 1. The highest BCUT2D eigenvalue weighted by molar-refractivity contribution is 9.10. The van der Waals surface area contributed by atoms with E-state index in [1.165, 1.54) is 6.08 Å². The van der Waals surface area contributed by atoms with E-state index >= 15 is 0 Å². The lowest BCUT2D eigenvalue weighted by atomic mass is 10.1. The van der Waals surface area contributed by atoms with Crippen LogP contribution in [0, 0.1) is 20.8 Å². The van der Waals surface area contributed by atoms with Crippen molar-refractivity contribution in [3.05, 3.63) is 55.9 Å². The highest BCUT2D eigenvalue weighted by Crippen LogP contribution is 2.38. The third-order valence-electron chi connectivity index (χ3n) is 4.77. The third-order valence-corrected chi connectivity index (χ3v) is 6.28. The highest BCUT2D eigenvalue weighted by atomic mass is 79.9. The second kappa shape index (κ2) is 9.79.